The van der Waals surface area contributed by atoms with Gasteiger partial charge in [-0.15, -0.1) is 0 Å². The molecule has 0 aromatic carbocycles. The van der Waals surface area contributed by atoms with Crippen molar-refractivity contribution in [2.45, 2.75) is 55.7 Å². The average Bonchev–Trinajstić information content (AvgIpc) is 2.49. The Balaban J connectivity index is 1.72. The van der Waals surface area contributed by atoms with Gasteiger partial charge in [0, 0.05) is 0 Å². The van der Waals surface area contributed by atoms with Crippen molar-refractivity contribution in [2.75, 3.05) is 13.2 Å². The average molecular weight is 310 g/mol. The molecule has 21 heavy (non-hydrogen) atoms. The van der Waals surface area contributed by atoms with Gasteiger partial charge in [-0.2, -0.15) is 0 Å². The van der Waals surface area contributed by atoms with E-state index in [1.807, 2.05) is 0 Å². The van der Waals surface area contributed by atoms with Crippen LogP contribution in [0.3, 0.4) is 0 Å². The maximum atomic E-state index is 9.98. The Kier molecular flexibility index (Phi) is 4.43. The number of aliphatic hydroxyl groups excluding tert-OH is 5. The molecule has 0 amide bonds. The van der Waals surface area contributed by atoms with E-state index < -0.39 is 68.9 Å². The molecule has 0 saturated carbocycles. The van der Waals surface area contributed by atoms with Crippen LogP contribution < -0.4 is 0 Å². The van der Waals surface area contributed by atoms with Gasteiger partial charge in [0.15, 0.2) is 12.6 Å². The zero-order valence-corrected chi connectivity index (χ0v) is 10.9. The van der Waals surface area contributed by atoms with E-state index in [1.165, 1.54) is 0 Å². The predicted molar refractivity (Wildman–Crippen MR) is 60.3 cm³/mol. The first kappa shape index (κ1) is 15.5. The minimum Gasteiger partial charge on any atom is -0.394 e. The van der Waals surface area contributed by atoms with Gasteiger partial charge in [-0.05, 0) is 0 Å². The van der Waals surface area contributed by atoms with Crippen LogP contribution in [0.15, 0.2) is 0 Å². The first-order valence-corrected chi connectivity index (χ1v) is 6.58. The molecular formula is C11H18O10. The van der Waals surface area contributed by atoms with Crippen LogP contribution >= 0.6 is 0 Å². The smallest absolute Gasteiger partial charge is 0.212 e. The molecule has 3 aliphatic heterocycles. The molecule has 122 valence electrons. The highest BCUT2D eigenvalue weighted by Gasteiger charge is 2.54. The van der Waals surface area contributed by atoms with Crippen molar-refractivity contribution in [1.82, 2.24) is 0 Å². The Morgan fingerprint density at radius 3 is 1.90 bits per heavy atom. The molecule has 3 aliphatic rings. The highest BCUT2D eigenvalue weighted by Crippen LogP contribution is 2.34. The molecule has 10 heteroatoms. The minimum atomic E-state index is -1.41. The normalized spacial score (nSPS) is 53.9. The summed E-state index contributed by atoms with van der Waals surface area (Å²) in [5.74, 6) is 0. The van der Waals surface area contributed by atoms with Gasteiger partial charge in [0.25, 0.3) is 0 Å². The molecule has 5 N–H and O–H groups in total. The van der Waals surface area contributed by atoms with E-state index >= 15 is 0 Å². The Morgan fingerprint density at radius 2 is 1.24 bits per heavy atom. The van der Waals surface area contributed by atoms with Crippen molar-refractivity contribution >= 4 is 0 Å². The highest BCUT2D eigenvalue weighted by atomic mass is 16.9. The molecular weight excluding hydrogens is 292 g/mol. The van der Waals surface area contributed by atoms with Gasteiger partial charge in [-0.25, -0.2) is 0 Å². The molecule has 0 radical (unpaired) electrons. The molecule has 3 rings (SSSR count). The van der Waals surface area contributed by atoms with Gasteiger partial charge in [0.2, 0.25) is 12.6 Å². The number of aliphatic hydroxyl groups is 5. The van der Waals surface area contributed by atoms with Crippen molar-refractivity contribution in [3.63, 3.8) is 0 Å². The van der Waals surface area contributed by atoms with Gasteiger partial charge in [-0.1, -0.05) is 0 Å². The molecule has 0 aliphatic carbocycles. The second-order valence-electron chi connectivity index (χ2n) is 5.06. The largest absolute Gasteiger partial charge is 0.394 e. The van der Waals surface area contributed by atoms with Gasteiger partial charge in [0.05, 0.1) is 13.2 Å². The van der Waals surface area contributed by atoms with E-state index in [2.05, 4.69) is 0 Å². The fourth-order valence-electron chi connectivity index (χ4n) is 2.52. The summed E-state index contributed by atoms with van der Waals surface area (Å²) in [7, 11) is 0. The lowest BCUT2D eigenvalue weighted by molar-refractivity contribution is -0.480. The van der Waals surface area contributed by atoms with Crippen LogP contribution in [0.5, 0.6) is 0 Å². The second kappa shape index (κ2) is 6.01. The van der Waals surface area contributed by atoms with Crippen LogP contribution in [-0.2, 0) is 23.7 Å². The number of hydrogen-bond donors (Lipinski definition) is 5. The van der Waals surface area contributed by atoms with Crippen LogP contribution in [0.25, 0.3) is 0 Å². The summed E-state index contributed by atoms with van der Waals surface area (Å²) in [6, 6.07) is 0. The second-order valence-corrected chi connectivity index (χ2v) is 5.06. The zero-order chi connectivity index (χ0) is 15.1. The molecule has 3 saturated heterocycles. The molecule has 0 bridgehead atoms. The van der Waals surface area contributed by atoms with E-state index in [1.54, 1.807) is 0 Å². The van der Waals surface area contributed by atoms with Crippen LogP contribution in [-0.4, -0.2) is 94.4 Å². The Morgan fingerprint density at radius 1 is 0.619 bits per heavy atom. The quantitative estimate of drug-likeness (QED) is 0.344. The molecule has 10 nitrogen and oxygen atoms in total. The van der Waals surface area contributed by atoms with Crippen LogP contribution in [0.1, 0.15) is 0 Å². The number of ether oxygens (including phenoxy) is 5. The molecule has 9 unspecified atom stereocenters. The van der Waals surface area contributed by atoms with E-state index in [9.17, 15) is 15.3 Å². The predicted octanol–water partition coefficient (Wildman–Crippen LogP) is -3.78. The fraction of sp³-hybridized carbons (Fsp3) is 1.00. The van der Waals surface area contributed by atoms with E-state index in [4.69, 9.17) is 33.9 Å². The van der Waals surface area contributed by atoms with E-state index in [-0.39, 0.29) is 0 Å². The monoisotopic (exact) mass is 310 g/mol. The number of hydrogen-bond acceptors (Lipinski definition) is 10. The Bertz CT molecular complexity index is 367. The van der Waals surface area contributed by atoms with Gasteiger partial charge in [-0.3, -0.25) is 0 Å². The first-order valence-electron chi connectivity index (χ1n) is 6.58. The lowest BCUT2D eigenvalue weighted by atomic mass is 9.98. The van der Waals surface area contributed by atoms with Crippen LogP contribution in [0, 0.1) is 0 Å². The molecule has 0 aromatic heterocycles. The summed E-state index contributed by atoms with van der Waals surface area (Å²) in [6.45, 7) is -0.989. The fourth-order valence-corrected chi connectivity index (χ4v) is 2.52. The molecule has 0 aromatic rings. The lowest BCUT2D eigenvalue weighted by Gasteiger charge is -2.50. The van der Waals surface area contributed by atoms with E-state index in [0.717, 1.165) is 0 Å². The lowest BCUT2D eigenvalue weighted by Crippen LogP contribution is -2.67. The van der Waals surface area contributed by atoms with Crippen molar-refractivity contribution in [3.8, 4) is 0 Å². The number of rotatable bonds is 2. The highest BCUT2D eigenvalue weighted by molar-refractivity contribution is 4.92. The summed E-state index contributed by atoms with van der Waals surface area (Å²) in [6.07, 6.45) is -10.5. The Hall–Kier alpha value is -0.400. The molecule has 3 heterocycles. The summed E-state index contributed by atoms with van der Waals surface area (Å²) in [5.41, 5.74) is 0. The number of fused-ring (bicyclic) bond motifs is 2. The van der Waals surface area contributed by atoms with Crippen molar-refractivity contribution in [3.05, 3.63) is 0 Å². The maximum Gasteiger partial charge on any atom is 0.212 e. The van der Waals surface area contributed by atoms with Crippen molar-refractivity contribution < 1.29 is 49.2 Å². The van der Waals surface area contributed by atoms with Crippen molar-refractivity contribution in [1.29, 1.82) is 0 Å². The van der Waals surface area contributed by atoms with Gasteiger partial charge < -0.3 is 49.2 Å². The zero-order valence-electron chi connectivity index (χ0n) is 10.9. The van der Waals surface area contributed by atoms with Gasteiger partial charge >= 0.3 is 0 Å². The minimum absolute atomic E-state index is 0.483. The van der Waals surface area contributed by atoms with E-state index in [0.29, 0.717) is 0 Å². The molecule has 9 atom stereocenters. The SMILES string of the molecule is OCC1OC2OC3OC(CO)C(O)C(O)C3OC2OC1O. The standard InChI is InChI=1S/C11H18O10/c12-1-3-5(14)6(15)7-9(17-3)21-10-11(19-7)20-8(16)4(2-13)18-10/h3-16H,1-2H2. The summed E-state index contributed by atoms with van der Waals surface area (Å²) in [5, 5.41) is 47.5. The van der Waals surface area contributed by atoms with Gasteiger partial charge in [0.1, 0.15) is 30.5 Å². The third kappa shape index (κ3) is 2.68. The maximum absolute atomic E-state index is 9.98. The third-order valence-corrected chi connectivity index (χ3v) is 3.69. The summed E-state index contributed by atoms with van der Waals surface area (Å²) in [4.78, 5) is 0. The first-order chi connectivity index (χ1) is 10.0. The van der Waals surface area contributed by atoms with Crippen LogP contribution in [0.4, 0.5) is 0 Å². The Labute approximate surface area is 119 Å². The van der Waals surface area contributed by atoms with Crippen LogP contribution in [0.2, 0.25) is 0 Å². The third-order valence-electron chi connectivity index (χ3n) is 3.69. The summed E-state index contributed by atoms with van der Waals surface area (Å²) < 4.78 is 26.5. The summed E-state index contributed by atoms with van der Waals surface area (Å²) >= 11 is 0. The van der Waals surface area contributed by atoms with Crippen molar-refractivity contribution in [2.24, 2.45) is 0 Å². The molecule has 3 fully saturated rings. The topological polar surface area (TPSA) is 147 Å². The molecule has 0 spiro atoms.